The quantitative estimate of drug-likeness (QED) is 0.821. The molecule has 0 radical (unpaired) electrons. The predicted octanol–water partition coefficient (Wildman–Crippen LogP) is 2.86. The monoisotopic (exact) mass is 294 g/mol. The number of rotatable bonds is 5. The average molecular weight is 294 g/mol. The molecule has 0 fully saturated rings. The van der Waals surface area contributed by atoms with Gasteiger partial charge in [0.15, 0.2) is 0 Å². The first-order valence-corrected chi connectivity index (χ1v) is 7.36. The van der Waals surface area contributed by atoms with Crippen molar-refractivity contribution in [3.8, 4) is 0 Å². The highest BCUT2D eigenvalue weighted by Crippen LogP contribution is 2.32. The lowest BCUT2D eigenvalue weighted by Crippen LogP contribution is -2.15. The largest absolute Gasteiger partial charge is 0.416 e. The molecule has 1 aromatic carbocycles. The van der Waals surface area contributed by atoms with Crippen LogP contribution in [0.4, 0.5) is 24.5 Å². The van der Waals surface area contributed by atoms with Crippen LogP contribution in [0.1, 0.15) is 18.9 Å². The molecule has 0 aliphatic carbocycles. The number of hydrogen-bond donors (Lipinski definition) is 2. The van der Waals surface area contributed by atoms with Crippen molar-refractivity contribution in [3.05, 3.63) is 23.8 Å². The molecule has 0 bridgehead atoms. The molecule has 19 heavy (non-hydrogen) atoms. The van der Waals surface area contributed by atoms with Crippen LogP contribution in [0.2, 0.25) is 0 Å². The minimum absolute atomic E-state index is 0.0307. The maximum absolute atomic E-state index is 12.4. The molecule has 108 valence electrons. The van der Waals surface area contributed by atoms with E-state index in [9.17, 15) is 17.4 Å². The third kappa shape index (κ3) is 4.74. The van der Waals surface area contributed by atoms with Gasteiger partial charge in [-0.15, -0.1) is 0 Å². The molecule has 3 nitrogen and oxygen atoms in total. The summed E-state index contributed by atoms with van der Waals surface area (Å²) in [6.45, 7) is 2.37. The summed E-state index contributed by atoms with van der Waals surface area (Å²) in [4.78, 5) is 0. The number of nitrogens with two attached hydrogens (primary N) is 1. The lowest BCUT2D eigenvalue weighted by molar-refractivity contribution is -0.137. The number of alkyl halides is 3. The van der Waals surface area contributed by atoms with Crippen molar-refractivity contribution in [3.63, 3.8) is 0 Å². The molecule has 0 saturated heterocycles. The first-order chi connectivity index (χ1) is 8.71. The number of benzene rings is 1. The molecule has 3 N–H and O–H groups in total. The molecular weight excluding hydrogens is 277 g/mol. The summed E-state index contributed by atoms with van der Waals surface area (Å²) >= 11 is 0. The third-order valence-electron chi connectivity index (χ3n) is 2.81. The first kappa shape index (κ1) is 15.8. The third-order valence-corrected chi connectivity index (χ3v) is 4.18. The van der Waals surface area contributed by atoms with E-state index in [2.05, 4.69) is 5.32 Å². The van der Waals surface area contributed by atoms with E-state index in [1.165, 1.54) is 6.07 Å². The Hall–Kier alpha value is -1.24. The van der Waals surface area contributed by atoms with Gasteiger partial charge in [-0.1, -0.05) is 6.92 Å². The second kappa shape index (κ2) is 6.27. The maximum Gasteiger partial charge on any atom is 0.416 e. The summed E-state index contributed by atoms with van der Waals surface area (Å²) in [5.74, 6) is 0. The second-order valence-corrected chi connectivity index (χ2v) is 6.13. The van der Waals surface area contributed by atoms with Gasteiger partial charge in [0.05, 0.1) is 16.9 Å². The predicted molar refractivity (Wildman–Crippen MR) is 72.5 cm³/mol. The van der Waals surface area contributed by atoms with Gasteiger partial charge in [-0.05, 0) is 24.6 Å². The summed E-state index contributed by atoms with van der Waals surface area (Å²) < 4.78 is 48.5. The fourth-order valence-electron chi connectivity index (χ4n) is 1.48. The van der Waals surface area contributed by atoms with E-state index in [0.717, 1.165) is 12.1 Å². The van der Waals surface area contributed by atoms with Crippen molar-refractivity contribution in [1.82, 2.24) is 0 Å². The van der Waals surface area contributed by atoms with E-state index >= 15 is 0 Å². The Labute approximate surface area is 112 Å². The average Bonchev–Trinajstić information content (AvgIpc) is 2.29. The molecule has 2 unspecified atom stereocenters. The van der Waals surface area contributed by atoms with Crippen LogP contribution < -0.4 is 11.1 Å². The van der Waals surface area contributed by atoms with Crippen LogP contribution in [0, 0.1) is 0 Å². The van der Waals surface area contributed by atoms with Crippen LogP contribution in [0.5, 0.6) is 0 Å². The van der Waals surface area contributed by atoms with Crippen LogP contribution in [-0.2, 0) is 17.0 Å². The van der Waals surface area contributed by atoms with Gasteiger partial charge < -0.3 is 11.1 Å². The van der Waals surface area contributed by atoms with E-state index in [-0.39, 0.29) is 10.9 Å². The second-order valence-electron chi connectivity index (χ2n) is 4.32. The van der Waals surface area contributed by atoms with Gasteiger partial charge in [-0.25, -0.2) is 0 Å². The molecule has 1 rings (SSSR count). The SMILES string of the molecule is CC(CCNc1ccc(C(F)(F)F)cc1N)S(C)=O. The summed E-state index contributed by atoms with van der Waals surface area (Å²) in [6, 6.07) is 3.20. The molecule has 0 heterocycles. The normalized spacial score (nSPS) is 15.0. The summed E-state index contributed by atoms with van der Waals surface area (Å²) in [7, 11) is -0.909. The topological polar surface area (TPSA) is 55.1 Å². The number of anilines is 2. The van der Waals surface area contributed by atoms with Crippen molar-refractivity contribution in [2.45, 2.75) is 24.8 Å². The number of halogens is 3. The van der Waals surface area contributed by atoms with Gasteiger partial charge in [0.1, 0.15) is 0 Å². The smallest absolute Gasteiger partial charge is 0.397 e. The fourth-order valence-corrected chi connectivity index (χ4v) is 1.93. The van der Waals surface area contributed by atoms with E-state index in [0.29, 0.717) is 18.7 Å². The van der Waals surface area contributed by atoms with Crippen LogP contribution in [0.25, 0.3) is 0 Å². The number of hydrogen-bond acceptors (Lipinski definition) is 3. The highest BCUT2D eigenvalue weighted by molar-refractivity contribution is 7.84. The number of nitrogens with one attached hydrogen (secondary N) is 1. The Morgan fingerprint density at radius 2 is 2.05 bits per heavy atom. The molecule has 0 aliphatic rings. The Bertz CT molecular complexity index is 463. The Morgan fingerprint density at radius 1 is 1.42 bits per heavy atom. The summed E-state index contributed by atoms with van der Waals surface area (Å²) in [5.41, 5.74) is 5.32. The van der Waals surface area contributed by atoms with Crippen LogP contribution in [0.15, 0.2) is 18.2 Å². The zero-order valence-electron chi connectivity index (χ0n) is 10.8. The lowest BCUT2D eigenvalue weighted by Gasteiger charge is -2.14. The minimum Gasteiger partial charge on any atom is -0.397 e. The Balaban J connectivity index is 2.63. The Morgan fingerprint density at radius 3 is 2.53 bits per heavy atom. The van der Waals surface area contributed by atoms with Gasteiger partial charge in [-0.3, -0.25) is 4.21 Å². The van der Waals surface area contributed by atoms with Crippen molar-refractivity contribution in [1.29, 1.82) is 0 Å². The van der Waals surface area contributed by atoms with E-state index < -0.39 is 22.5 Å². The van der Waals surface area contributed by atoms with Crippen molar-refractivity contribution in [2.75, 3.05) is 23.9 Å². The zero-order chi connectivity index (χ0) is 14.6. The van der Waals surface area contributed by atoms with Crippen LogP contribution in [-0.4, -0.2) is 22.3 Å². The molecule has 0 spiro atoms. The zero-order valence-corrected chi connectivity index (χ0v) is 11.6. The van der Waals surface area contributed by atoms with Gasteiger partial charge in [-0.2, -0.15) is 13.2 Å². The van der Waals surface area contributed by atoms with Gasteiger partial charge in [0, 0.05) is 28.9 Å². The van der Waals surface area contributed by atoms with Gasteiger partial charge >= 0.3 is 6.18 Å². The van der Waals surface area contributed by atoms with Crippen molar-refractivity contribution >= 4 is 22.2 Å². The summed E-state index contributed by atoms with van der Waals surface area (Å²) in [6.07, 6.45) is -2.11. The van der Waals surface area contributed by atoms with E-state index in [4.69, 9.17) is 5.73 Å². The number of nitrogen functional groups attached to an aromatic ring is 1. The van der Waals surface area contributed by atoms with Crippen molar-refractivity contribution in [2.24, 2.45) is 0 Å². The summed E-state index contributed by atoms with van der Waals surface area (Å²) in [5, 5.41) is 2.98. The molecule has 0 saturated carbocycles. The lowest BCUT2D eigenvalue weighted by atomic mass is 10.1. The Kier molecular flexibility index (Phi) is 5.22. The van der Waals surface area contributed by atoms with Crippen LogP contribution in [0.3, 0.4) is 0 Å². The highest BCUT2D eigenvalue weighted by atomic mass is 32.2. The molecule has 7 heteroatoms. The van der Waals surface area contributed by atoms with Crippen LogP contribution >= 0.6 is 0 Å². The highest BCUT2D eigenvalue weighted by Gasteiger charge is 2.30. The molecule has 1 aromatic rings. The molecule has 0 amide bonds. The van der Waals surface area contributed by atoms with E-state index in [1.807, 2.05) is 6.92 Å². The van der Waals surface area contributed by atoms with Gasteiger partial charge in [0.2, 0.25) is 0 Å². The molecular formula is C12H17F3N2OS. The van der Waals surface area contributed by atoms with Crippen molar-refractivity contribution < 1.29 is 17.4 Å². The fraction of sp³-hybridized carbons (Fsp3) is 0.500. The molecule has 2 atom stereocenters. The van der Waals surface area contributed by atoms with E-state index in [1.54, 1.807) is 6.26 Å². The first-order valence-electron chi connectivity index (χ1n) is 5.74. The molecule has 0 aromatic heterocycles. The minimum atomic E-state index is -4.39. The molecule has 0 aliphatic heterocycles. The maximum atomic E-state index is 12.4. The van der Waals surface area contributed by atoms with Gasteiger partial charge in [0.25, 0.3) is 0 Å². The standard InChI is InChI=1S/C12H17F3N2OS/c1-8(19(2)18)5-6-17-11-4-3-9(7-10(11)16)12(13,14)15/h3-4,7-8,17H,5-6,16H2,1-2H3.